The number of esters is 3. The van der Waals surface area contributed by atoms with E-state index in [-0.39, 0.29) is 13.2 Å². The fourth-order valence-corrected chi connectivity index (χ4v) is 3.28. The van der Waals surface area contributed by atoms with Crippen LogP contribution >= 0.6 is 0 Å². The third-order valence-corrected chi connectivity index (χ3v) is 4.47. The Morgan fingerprint density at radius 3 is 1.96 bits per heavy atom. The SMILES string of the molecule is CCOC(=O)[C@@H]1[C@H](C(=O)OCC)[C@H](C(=O)OC)N[C@@H]1c1ccc(C)cc1. The molecule has 4 atom stereocenters. The highest BCUT2D eigenvalue weighted by Crippen LogP contribution is 2.39. The van der Waals surface area contributed by atoms with Crippen LogP contribution in [-0.4, -0.2) is 44.3 Å². The second kappa shape index (κ2) is 8.80. The standard InChI is InChI=1S/C19H25NO6/c1-5-25-17(21)13-14(18(22)26-6-2)16(19(23)24-4)20-15(13)12-9-7-11(3)8-10-12/h7-10,13-16,20H,5-6H2,1-4H3/t13-,14+,15-,16-/m1/s1. The van der Waals surface area contributed by atoms with Crippen LogP contribution in [0, 0.1) is 18.8 Å². The molecule has 0 radical (unpaired) electrons. The molecule has 0 aromatic heterocycles. The quantitative estimate of drug-likeness (QED) is 0.605. The summed E-state index contributed by atoms with van der Waals surface area (Å²) in [6.45, 7) is 5.64. The molecule has 0 unspecified atom stereocenters. The Hall–Kier alpha value is -2.41. The lowest BCUT2D eigenvalue weighted by Gasteiger charge is -2.22. The Balaban J connectivity index is 2.47. The first-order chi connectivity index (χ1) is 12.4. The van der Waals surface area contributed by atoms with Crippen molar-refractivity contribution in [1.29, 1.82) is 0 Å². The van der Waals surface area contributed by atoms with Gasteiger partial charge in [-0.15, -0.1) is 0 Å². The van der Waals surface area contributed by atoms with Gasteiger partial charge in [0.1, 0.15) is 6.04 Å². The van der Waals surface area contributed by atoms with Gasteiger partial charge >= 0.3 is 17.9 Å². The van der Waals surface area contributed by atoms with E-state index >= 15 is 0 Å². The zero-order valence-corrected chi connectivity index (χ0v) is 15.5. The Kier molecular flexibility index (Phi) is 6.74. The highest BCUT2D eigenvalue weighted by Gasteiger charge is 2.55. The Bertz CT molecular complexity index is 656. The van der Waals surface area contributed by atoms with Crippen molar-refractivity contribution in [2.45, 2.75) is 32.9 Å². The number of aryl methyl sites for hydroxylation is 1. The number of benzene rings is 1. The van der Waals surface area contributed by atoms with E-state index in [1.807, 2.05) is 31.2 Å². The van der Waals surface area contributed by atoms with Gasteiger partial charge in [0.05, 0.1) is 32.2 Å². The van der Waals surface area contributed by atoms with Gasteiger partial charge in [0.25, 0.3) is 0 Å². The number of carbonyl (C=O) groups excluding carboxylic acids is 3. The molecule has 1 aliphatic heterocycles. The molecule has 1 aromatic rings. The molecule has 2 rings (SSSR count). The van der Waals surface area contributed by atoms with Gasteiger partial charge in [0, 0.05) is 6.04 Å². The van der Waals surface area contributed by atoms with Crippen molar-refractivity contribution in [3.05, 3.63) is 35.4 Å². The molecule has 0 saturated carbocycles. The molecule has 142 valence electrons. The number of rotatable bonds is 6. The van der Waals surface area contributed by atoms with Crippen LogP contribution in [-0.2, 0) is 28.6 Å². The van der Waals surface area contributed by atoms with Crippen molar-refractivity contribution in [2.75, 3.05) is 20.3 Å². The van der Waals surface area contributed by atoms with Crippen LogP contribution in [0.25, 0.3) is 0 Å². The van der Waals surface area contributed by atoms with Crippen molar-refractivity contribution >= 4 is 17.9 Å². The summed E-state index contributed by atoms with van der Waals surface area (Å²) < 4.78 is 15.1. The number of hydrogen-bond acceptors (Lipinski definition) is 7. The summed E-state index contributed by atoms with van der Waals surface area (Å²) in [7, 11) is 1.24. The van der Waals surface area contributed by atoms with Gasteiger partial charge in [0.2, 0.25) is 0 Å². The summed E-state index contributed by atoms with van der Waals surface area (Å²) in [6, 6.07) is 5.99. The first-order valence-corrected chi connectivity index (χ1v) is 8.68. The lowest BCUT2D eigenvalue weighted by atomic mass is 9.84. The van der Waals surface area contributed by atoms with Crippen LogP contribution in [0.4, 0.5) is 0 Å². The second-order valence-corrected chi connectivity index (χ2v) is 6.11. The molecule has 1 aliphatic rings. The van der Waals surface area contributed by atoms with E-state index in [0.29, 0.717) is 0 Å². The van der Waals surface area contributed by atoms with Crippen LogP contribution in [0.2, 0.25) is 0 Å². The van der Waals surface area contributed by atoms with Crippen molar-refractivity contribution in [2.24, 2.45) is 11.8 Å². The Morgan fingerprint density at radius 1 is 0.923 bits per heavy atom. The molecule has 0 spiro atoms. The molecule has 1 N–H and O–H groups in total. The van der Waals surface area contributed by atoms with E-state index < -0.39 is 41.8 Å². The third kappa shape index (κ3) is 4.04. The van der Waals surface area contributed by atoms with Crippen LogP contribution in [0.5, 0.6) is 0 Å². The van der Waals surface area contributed by atoms with Gasteiger partial charge in [-0.05, 0) is 26.3 Å². The molecule has 1 heterocycles. The van der Waals surface area contributed by atoms with Crippen molar-refractivity contribution in [3.8, 4) is 0 Å². The minimum absolute atomic E-state index is 0.147. The van der Waals surface area contributed by atoms with Crippen molar-refractivity contribution in [1.82, 2.24) is 5.32 Å². The minimum Gasteiger partial charge on any atom is -0.468 e. The maximum Gasteiger partial charge on any atom is 0.323 e. The molecule has 1 aromatic carbocycles. The predicted molar refractivity (Wildman–Crippen MR) is 93.1 cm³/mol. The maximum absolute atomic E-state index is 12.6. The number of methoxy groups -OCH3 is 1. The number of ether oxygens (including phenoxy) is 3. The summed E-state index contributed by atoms with van der Waals surface area (Å²) >= 11 is 0. The van der Waals surface area contributed by atoms with Crippen LogP contribution in [0.15, 0.2) is 24.3 Å². The topological polar surface area (TPSA) is 90.9 Å². The fourth-order valence-electron chi connectivity index (χ4n) is 3.28. The highest BCUT2D eigenvalue weighted by molar-refractivity contribution is 5.91. The fraction of sp³-hybridized carbons (Fsp3) is 0.526. The van der Waals surface area contributed by atoms with Gasteiger partial charge in [0.15, 0.2) is 0 Å². The second-order valence-electron chi connectivity index (χ2n) is 6.11. The van der Waals surface area contributed by atoms with Gasteiger partial charge in [-0.25, -0.2) is 0 Å². The van der Waals surface area contributed by atoms with Crippen LogP contribution < -0.4 is 5.32 Å². The van der Waals surface area contributed by atoms with E-state index in [1.54, 1.807) is 13.8 Å². The van der Waals surface area contributed by atoms with E-state index in [2.05, 4.69) is 5.32 Å². The summed E-state index contributed by atoms with van der Waals surface area (Å²) in [4.78, 5) is 37.4. The van der Waals surface area contributed by atoms with Gasteiger partial charge < -0.3 is 14.2 Å². The summed E-state index contributed by atoms with van der Waals surface area (Å²) in [5.74, 6) is -3.70. The molecule has 0 bridgehead atoms. The Morgan fingerprint density at radius 2 is 1.46 bits per heavy atom. The molecule has 0 aliphatic carbocycles. The highest BCUT2D eigenvalue weighted by atomic mass is 16.5. The molecule has 1 fully saturated rings. The van der Waals surface area contributed by atoms with E-state index in [9.17, 15) is 14.4 Å². The maximum atomic E-state index is 12.6. The molecule has 26 heavy (non-hydrogen) atoms. The summed E-state index contributed by atoms with van der Waals surface area (Å²) in [5.41, 5.74) is 1.85. The summed E-state index contributed by atoms with van der Waals surface area (Å²) in [5, 5.41) is 3.08. The molecule has 7 nitrogen and oxygen atoms in total. The van der Waals surface area contributed by atoms with Gasteiger partial charge in [-0.1, -0.05) is 29.8 Å². The molecule has 7 heteroatoms. The Labute approximate surface area is 153 Å². The smallest absolute Gasteiger partial charge is 0.323 e. The van der Waals surface area contributed by atoms with E-state index in [4.69, 9.17) is 14.2 Å². The largest absolute Gasteiger partial charge is 0.468 e. The van der Waals surface area contributed by atoms with Crippen LogP contribution in [0.3, 0.4) is 0 Å². The van der Waals surface area contributed by atoms with Crippen molar-refractivity contribution < 1.29 is 28.6 Å². The number of nitrogens with one attached hydrogen (secondary N) is 1. The van der Waals surface area contributed by atoms with E-state index in [1.165, 1.54) is 7.11 Å². The molecular weight excluding hydrogens is 338 g/mol. The van der Waals surface area contributed by atoms with E-state index in [0.717, 1.165) is 11.1 Å². The first kappa shape index (κ1) is 19.9. The lowest BCUT2D eigenvalue weighted by Crippen LogP contribution is -2.42. The molecule has 1 saturated heterocycles. The average molecular weight is 363 g/mol. The van der Waals surface area contributed by atoms with Crippen LogP contribution in [0.1, 0.15) is 31.0 Å². The number of carbonyl (C=O) groups is 3. The zero-order valence-electron chi connectivity index (χ0n) is 15.5. The van der Waals surface area contributed by atoms with Gasteiger partial charge in [-0.2, -0.15) is 0 Å². The van der Waals surface area contributed by atoms with Crippen molar-refractivity contribution in [3.63, 3.8) is 0 Å². The number of hydrogen-bond donors (Lipinski definition) is 1. The first-order valence-electron chi connectivity index (χ1n) is 8.68. The molecule has 0 amide bonds. The average Bonchev–Trinajstić information content (AvgIpc) is 3.03. The summed E-state index contributed by atoms with van der Waals surface area (Å²) in [6.07, 6.45) is 0. The zero-order chi connectivity index (χ0) is 19.3. The lowest BCUT2D eigenvalue weighted by molar-refractivity contribution is -0.162. The minimum atomic E-state index is -1.02. The predicted octanol–water partition coefficient (Wildman–Crippen LogP) is 1.54. The van der Waals surface area contributed by atoms with Gasteiger partial charge in [-0.3, -0.25) is 19.7 Å². The molecular formula is C19H25NO6. The normalized spacial score (nSPS) is 24.8. The monoisotopic (exact) mass is 363 g/mol. The third-order valence-electron chi connectivity index (χ3n) is 4.47.